The normalized spacial score (nSPS) is 11.4. The maximum absolute atomic E-state index is 10.5. The standard InChI is InChI=1S/C14H19NO2/c1-10-5-6-13(12(3)7-10)15(4)9-11(2)8-14(16)17/h5-8H,9H2,1-4H3,(H,16,17). The van der Waals surface area contributed by atoms with E-state index in [1.54, 1.807) is 0 Å². The van der Waals surface area contributed by atoms with E-state index in [0.717, 1.165) is 11.3 Å². The van der Waals surface area contributed by atoms with E-state index in [9.17, 15) is 4.79 Å². The third-order valence-electron chi connectivity index (χ3n) is 2.62. The molecule has 1 rings (SSSR count). The topological polar surface area (TPSA) is 40.5 Å². The number of aryl methyl sites for hydroxylation is 2. The third kappa shape index (κ3) is 3.94. The first-order chi connectivity index (χ1) is 7.90. The highest BCUT2D eigenvalue weighted by Gasteiger charge is 2.05. The Morgan fingerprint density at radius 3 is 2.59 bits per heavy atom. The number of carboxylic acids is 1. The zero-order chi connectivity index (χ0) is 13.0. The highest BCUT2D eigenvalue weighted by molar-refractivity contribution is 5.80. The summed E-state index contributed by atoms with van der Waals surface area (Å²) in [6, 6.07) is 6.26. The molecule has 0 saturated carbocycles. The smallest absolute Gasteiger partial charge is 0.328 e. The lowest BCUT2D eigenvalue weighted by Crippen LogP contribution is -2.20. The van der Waals surface area contributed by atoms with Crippen molar-refractivity contribution in [3.05, 3.63) is 41.0 Å². The Kier molecular flexibility index (Phi) is 4.32. The molecule has 1 N–H and O–H groups in total. The van der Waals surface area contributed by atoms with Gasteiger partial charge in [-0.05, 0) is 38.0 Å². The van der Waals surface area contributed by atoms with Crippen LogP contribution < -0.4 is 4.90 Å². The van der Waals surface area contributed by atoms with Crippen LogP contribution in [0.4, 0.5) is 5.69 Å². The fourth-order valence-corrected chi connectivity index (χ4v) is 1.95. The van der Waals surface area contributed by atoms with Gasteiger partial charge < -0.3 is 10.0 Å². The molecule has 0 atom stereocenters. The first-order valence-electron chi connectivity index (χ1n) is 5.58. The molecule has 0 bridgehead atoms. The molecule has 0 unspecified atom stereocenters. The van der Waals surface area contributed by atoms with Crippen LogP contribution in [0.5, 0.6) is 0 Å². The van der Waals surface area contributed by atoms with Gasteiger partial charge in [-0.1, -0.05) is 17.7 Å². The Morgan fingerprint density at radius 1 is 1.41 bits per heavy atom. The molecule has 0 aliphatic rings. The van der Waals surface area contributed by atoms with Crippen LogP contribution in [0.2, 0.25) is 0 Å². The summed E-state index contributed by atoms with van der Waals surface area (Å²) in [5, 5.41) is 8.66. The van der Waals surface area contributed by atoms with Crippen LogP contribution in [0.25, 0.3) is 0 Å². The van der Waals surface area contributed by atoms with Crippen LogP contribution in [0, 0.1) is 13.8 Å². The number of carboxylic acid groups (broad SMARTS) is 1. The Labute approximate surface area is 102 Å². The number of rotatable bonds is 4. The van der Waals surface area contributed by atoms with Crippen LogP contribution >= 0.6 is 0 Å². The summed E-state index contributed by atoms with van der Waals surface area (Å²) >= 11 is 0. The summed E-state index contributed by atoms with van der Waals surface area (Å²) in [5.74, 6) is -0.892. The Bertz CT molecular complexity index is 450. The molecule has 0 amide bonds. The molecule has 0 radical (unpaired) electrons. The number of anilines is 1. The van der Waals surface area contributed by atoms with E-state index in [1.165, 1.54) is 17.2 Å². The van der Waals surface area contributed by atoms with Gasteiger partial charge in [0.2, 0.25) is 0 Å². The number of carbonyl (C=O) groups is 1. The second kappa shape index (κ2) is 5.53. The first-order valence-corrected chi connectivity index (χ1v) is 5.58. The van der Waals surface area contributed by atoms with Gasteiger partial charge in [-0.2, -0.15) is 0 Å². The molecule has 0 fully saturated rings. The number of aliphatic carboxylic acids is 1. The van der Waals surface area contributed by atoms with Crippen molar-refractivity contribution in [2.45, 2.75) is 20.8 Å². The van der Waals surface area contributed by atoms with Gasteiger partial charge in [0.1, 0.15) is 0 Å². The van der Waals surface area contributed by atoms with Crippen LogP contribution in [0.1, 0.15) is 18.1 Å². The molecule has 0 heterocycles. The van der Waals surface area contributed by atoms with E-state index in [1.807, 2.05) is 14.0 Å². The molecular weight excluding hydrogens is 214 g/mol. The quantitative estimate of drug-likeness (QED) is 0.813. The molecule has 92 valence electrons. The highest BCUT2D eigenvalue weighted by atomic mass is 16.4. The first kappa shape index (κ1) is 13.3. The lowest BCUT2D eigenvalue weighted by molar-refractivity contribution is -0.131. The molecule has 0 saturated heterocycles. The van der Waals surface area contributed by atoms with Crippen LogP contribution in [-0.4, -0.2) is 24.7 Å². The van der Waals surface area contributed by atoms with Crippen molar-refractivity contribution < 1.29 is 9.90 Å². The Morgan fingerprint density at radius 2 is 2.06 bits per heavy atom. The summed E-state index contributed by atoms with van der Waals surface area (Å²) < 4.78 is 0. The van der Waals surface area contributed by atoms with Crippen LogP contribution in [0.3, 0.4) is 0 Å². The zero-order valence-corrected chi connectivity index (χ0v) is 10.8. The van der Waals surface area contributed by atoms with Crippen molar-refractivity contribution in [3.8, 4) is 0 Å². The van der Waals surface area contributed by atoms with E-state index in [2.05, 4.69) is 36.9 Å². The van der Waals surface area contributed by atoms with Crippen LogP contribution in [0.15, 0.2) is 29.8 Å². The van der Waals surface area contributed by atoms with E-state index >= 15 is 0 Å². The van der Waals surface area contributed by atoms with Crippen molar-refractivity contribution in [2.75, 3.05) is 18.5 Å². The fourth-order valence-electron chi connectivity index (χ4n) is 1.95. The molecular formula is C14H19NO2. The van der Waals surface area contributed by atoms with Gasteiger partial charge in [0.15, 0.2) is 0 Å². The van der Waals surface area contributed by atoms with Gasteiger partial charge >= 0.3 is 5.97 Å². The van der Waals surface area contributed by atoms with Crippen LogP contribution in [-0.2, 0) is 4.79 Å². The van der Waals surface area contributed by atoms with E-state index in [-0.39, 0.29) is 0 Å². The van der Waals surface area contributed by atoms with Crippen molar-refractivity contribution in [1.29, 1.82) is 0 Å². The Hall–Kier alpha value is -1.77. The maximum atomic E-state index is 10.5. The third-order valence-corrected chi connectivity index (χ3v) is 2.62. The molecule has 3 heteroatoms. The van der Waals surface area contributed by atoms with Gasteiger partial charge in [0.05, 0.1) is 0 Å². The molecule has 0 aliphatic heterocycles. The second-order valence-corrected chi connectivity index (χ2v) is 4.47. The number of likely N-dealkylation sites (N-methyl/N-ethyl adjacent to an activating group) is 1. The Balaban J connectivity index is 2.83. The number of benzene rings is 1. The molecule has 17 heavy (non-hydrogen) atoms. The average Bonchev–Trinajstić information content (AvgIpc) is 2.15. The summed E-state index contributed by atoms with van der Waals surface area (Å²) in [7, 11) is 1.97. The predicted octanol–water partition coefficient (Wildman–Crippen LogP) is 2.77. The van der Waals surface area contributed by atoms with E-state index in [0.29, 0.717) is 6.54 Å². The number of hydrogen-bond donors (Lipinski definition) is 1. The van der Waals surface area contributed by atoms with E-state index < -0.39 is 5.97 Å². The fraction of sp³-hybridized carbons (Fsp3) is 0.357. The van der Waals surface area contributed by atoms with Gasteiger partial charge in [0.25, 0.3) is 0 Å². The number of nitrogens with zero attached hydrogens (tertiary/aromatic N) is 1. The second-order valence-electron chi connectivity index (χ2n) is 4.47. The SMILES string of the molecule is CC(=CC(=O)O)CN(C)c1ccc(C)cc1C. The minimum Gasteiger partial charge on any atom is -0.478 e. The molecule has 0 aromatic heterocycles. The minimum absolute atomic E-state index is 0.621. The summed E-state index contributed by atoms with van der Waals surface area (Å²) in [6.45, 7) is 6.58. The van der Waals surface area contributed by atoms with Crippen molar-refractivity contribution in [1.82, 2.24) is 0 Å². The van der Waals surface area contributed by atoms with E-state index in [4.69, 9.17) is 5.11 Å². The molecule has 1 aromatic rings. The van der Waals surface area contributed by atoms with Crippen molar-refractivity contribution >= 4 is 11.7 Å². The average molecular weight is 233 g/mol. The van der Waals surface area contributed by atoms with Gasteiger partial charge in [-0.25, -0.2) is 4.79 Å². The van der Waals surface area contributed by atoms with Crippen molar-refractivity contribution in [3.63, 3.8) is 0 Å². The molecule has 0 aliphatic carbocycles. The lowest BCUT2D eigenvalue weighted by atomic mass is 10.1. The highest BCUT2D eigenvalue weighted by Crippen LogP contribution is 2.20. The summed E-state index contributed by atoms with van der Waals surface area (Å²) in [6.07, 6.45) is 1.25. The largest absolute Gasteiger partial charge is 0.478 e. The summed E-state index contributed by atoms with van der Waals surface area (Å²) in [5.41, 5.74) is 4.40. The van der Waals surface area contributed by atoms with Gasteiger partial charge in [0, 0.05) is 25.4 Å². The van der Waals surface area contributed by atoms with Crippen molar-refractivity contribution in [2.24, 2.45) is 0 Å². The molecule has 1 aromatic carbocycles. The lowest BCUT2D eigenvalue weighted by Gasteiger charge is -2.22. The summed E-state index contributed by atoms with van der Waals surface area (Å²) in [4.78, 5) is 12.6. The zero-order valence-electron chi connectivity index (χ0n) is 10.8. The van der Waals surface area contributed by atoms with Gasteiger partial charge in [-0.3, -0.25) is 0 Å². The van der Waals surface area contributed by atoms with Gasteiger partial charge in [-0.15, -0.1) is 0 Å². The predicted molar refractivity (Wildman–Crippen MR) is 70.6 cm³/mol. The molecule has 3 nitrogen and oxygen atoms in total. The maximum Gasteiger partial charge on any atom is 0.328 e. The molecule has 0 spiro atoms. The minimum atomic E-state index is -0.892. The number of hydrogen-bond acceptors (Lipinski definition) is 2. The monoisotopic (exact) mass is 233 g/mol.